The van der Waals surface area contributed by atoms with E-state index in [9.17, 15) is 9.59 Å². The number of esters is 1. The van der Waals surface area contributed by atoms with Crippen molar-refractivity contribution in [3.05, 3.63) is 95.7 Å². The summed E-state index contributed by atoms with van der Waals surface area (Å²) in [6, 6.07) is 16.4. The summed E-state index contributed by atoms with van der Waals surface area (Å²) in [6.45, 7) is 0.342. The molecule has 4 rings (SSSR count). The van der Waals surface area contributed by atoms with Gasteiger partial charge in [-0.2, -0.15) is 0 Å². The Bertz CT molecular complexity index is 1130. The van der Waals surface area contributed by atoms with E-state index in [1.807, 2.05) is 72.9 Å². The van der Waals surface area contributed by atoms with E-state index in [-0.39, 0.29) is 13.2 Å². The highest BCUT2D eigenvalue weighted by atomic mass is 16.6. The highest BCUT2D eigenvalue weighted by Crippen LogP contribution is 2.20. The number of aromatic nitrogens is 1. The van der Waals surface area contributed by atoms with E-state index in [0.717, 1.165) is 40.4 Å². The van der Waals surface area contributed by atoms with Gasteiger partial charge in [-0.1, -0.05) is 66.8 Å². The van der Waals surface area contributed by atoms with E-state index in [0.29, 0.717) is 6.42 Å². The zero-order chi connectivity index (χ0) is 22.2. The van der Waals surface area contributed by atoms with Gasteiger partial charge < -0.3 is 19.8 Å². The summed E-state index contributed by atoms with van der Waals surface area (Å²) in [7, 11) is 0. The van der Waals surface area contributed by atoms with E-state index >= 15 is 0 Å². The summed E-state index contributed by atoms with van der Waals surface area (Å²) in [5, 5.41) is 3.70. The third kappa shape index (κ3) is 5.66. The molecule has 0 aliphatic heterocycles. The highest BCUT2D eigenvalue weighted by Gasteiger charge is 2.25. The van der Waals surface area contributed by atoms with Crippen LogP contribution in [0.4, 0.5) is 4.79 Å². The molecule has 0 saturated heterocycles. The van der Waals surface area contributed by atoms with Crippen LogP contribution in [0.25, 0.3) is 10.9 Å². The van der Waals surface area contributed by atoms with Crippen molar-refractivity contribution in [1.82, 2.24) is 10.3 Å². The van der Waals surface area contributed by atoms with Crippen molar-refractivity contribution in [2.75, 3.05) is 6.61 Å². The second-order valence-corrected chi connectivity index (χ2v) is 7.72. The molecule has 32 heavy (non-hydrogen) atoms. The number of fused-ring (bicyclic) bond motifs is 1. The molecule has 0 spiro atoms. The van der Waals surface area contributed by atoms with Crippen molar-refractivity contribution in [2.45, 2.75) is 31.9 Å². The normalized spacial score (nSPS) is 13.9. The molecule has 1 aliphatic rings. The van der Waals surface area contributed by atoms with Crippen LogP contribution in [0.5, 0.6) is 0 Å². The minimum atomic E-state index is -0.864. The number of aromatic amines is 1. The van der Waals surface area contributed by atoms with Crippen molar-refractivity contribution in [2.24, 2.45) is 0 Å². The van der Waals surface area contributed by atoms with E-state index in [1.165, 1.54) is 0 Å². The number of alkyl carbamates (subject to hydrolysis) is 1. The molecule has 0 fully saturated rings. The lowest BCUT2D eigenvalue weighted by molar-refractivity contribution is -0.145. The monoisotopic (exact) mass is 430 g/mol. The number of hydrogen-bond acceptors (Lipinski definition) is 4. The van der Waals surface area contributed by atoms with Gasteiger partial charge in [0.05, 0.1) is 0 Å². The van der Waals surface area contributed by atoms with Gasteiger partial charge in [0.25, 0.3) is 0 Å². The fourth-order valence-corrected chi connectivity index (χ4v) is 3.66. The van der Waals surface area contributed by atoms with E-state index in [2.05, 4.69) is 16.4 Å². The van der Waals surface area contributed by atoms with Crippen LogP contribution in [0.2, 0.25) is 0 Å². The van der Waals surface area contributed by atoms with Crippen LogP contribution in [0.3, 0.4) is 0 Å². The molecule has 6 heteroatoms. The van der Waals surface area contributed by atoms with Crippen LogP contribution in [-0.2, 0) is 27.3 Å². The number of para-hydroxylation sites is 1. The molecular formula is C26H26N2O4. The molecule has 1 unspecified atom stereocenters. The predicted molar refractivity (Wildman–Crippen MR) is 123 cm³/mol. The molecule has 6 nitrogen and oxygen atoms in total. The van der Waals surface area contributed by atoms with Crippen molar-refractivity contribution in [3.63, 3.8) is 0 Å². The maximum absolute atomic E-state index is 12.9. The largest absolute Gasteiger partial charge is 0.460 e. The fourth-order valence-electron chi connectivity index (χ4n) is 3.66. The molecule has 1 atom stereocenters. The van der Waals surface area contributed by atoms with E-state index in [4.69, 9.17) is 9.47 Å². The second kappa shape index (κ2) is 10.5. The Hall–Kier alpha value is -3.80. The zero-order valence-electron chi connectivity index (χ0n) is 17.8. The summed E-state index contributed by atoms with van der Waals surface area (Å²) in [5.74, 6) is -0.484. The topological polar surface area (TPSA) is 80.4 Å². The quantitative estimate of drug-likeness (QED) is 0.502. The van der Waals surface area contributed by atoms with Crippen molar-refractivity contribution < 1.29 is 19.1 Å². The number of allylic oxidation sites excluding steroid dienone is 3. The molecule has 1 aliphatic carbocycles. The first kappa shape index (κ1) is 21.4. The third-order valence-electron chi connectivity index (χ3n) is 5.39. The van der Waals surface area contributed by atoms with Crippen LogP contribution in [-0.4, -0.2) is 29.7 Å². The van der Waals surface area contributed by atoms with Crippen LogP contribution in [0.1, 0.15) is 24.0 Å². The van der Waals surface area contributed by atoms with Gasteiger partial charge in [-0.05, 0) is 35.6 Å². The number of ether oxygens (including phenoxy) is 2. The van der Waals surface area contributed by atoms with Gasteiger partial charge in [0.1, 0.15) is 19.3 Å². The maximum Gasteiger partial charge on any atom is 0.408 e. The first-order valence-electron chi connectivity index (χ1n) is 10.7. The summed E-state index contributed by atoms with van der Waals surface area (Å²) >= 11 is 0. The lowest BCUT2D eigenvalue weighted by atomic mass is 10.0. The number of carbonyl (C=O) groups excluding carboxylic acids is 2. The molecule has 0 radical (unpaired) electrons. The summed E-state index contributed by atoms with van der Waals surface area (Å²) in [5.41, 5.74) is 3.82. The lowest BCUT2D eigenvalue weighted by Crippen LogP contribution is -2.43. The van der Waals surface area contributed by atoms with Crippen molar-refractivity contribution in [3.8, 4) is 0 Å². The Kier molecular flexibility index (Phi) is 7.02. The molecule has 0 bridgehead atoms. The Morgan fingerprint density at radius 1 is 1.00 bits per heavy atom. The van der Waals surface area contributed by atoms with E-state index < -0.39 is 18.1 Å². The number of H-pyrrole nitrogens is 1. The van der Waals surface area contributed by atoms with Gasteiger partial charge in [0.15, 0.2) is 0 Å². The third-order valence-corrected chi connectivity index (χ3v) is 5.39. The second-order valence-electron chi connectivity index (χ2n) is 7.72. The standard InChI is InChI=1S/C26H26N2O4/c29-25(31-17-19-9-3-1-4-10-19)24(15-21-16-27-23-14-8-7-13-22(21)23)28-26(30)32-18-20-11-5-2-6-12-20/h1-3,5-9,11-14,16,24,27H,4,10,15,17-18H2,(H,28,30). The van der Waals surface area contributed by atoms with Crippen LogP contribution in [0.15, 0.2) is 84.6 Å². The number of rotatable bonds is 8. The average molecular weight is 431 g/mol. The average Bonchev–Trinajstić information content (AvgIpc) is 3.25. The first-order valence-corrected chi connectivity index (χ1v) is 10.7. The molecule has 1 aromatic heterocycles. The summed E-state index contributed by atoms with van der Waals surface area (Å²) in [6.07, 6.45) is 9.31. The number of amides is 1. The number of hydrogen-bond donors (Lipinski definition) is 2. The molecule has 164 valence electrons. The number of carbonyl (C=O) groups is 2. The molecule has 1 heterocycles. The molecule has 0 saturated carbocycles. The SMILES string of the molecule is O=C(NC(Cc1c[nH]c2ccccc12)C(=O)OCC1=CC=CCC1)OCc1ccccc1. The van der Waals surface area contributed by atoms with Gasteiger partial charge >= 0.3 is 12.1 Å². The number of benzene rings is 2. The van der Waals surface area contributed by atoms with Gasteiger partial charge in [-0.3, -0.25) is 0 Å². The first-order chi connectivity index (χ1) is 15.7. The lowest BCUT2D eigenvalue weighted by Gasteiger charge is -2.18. The minimum Gasteiger partial charge on any atom is -0.460 e. The van der Waals surface area contributed by atoms with Gasteiger partial charge in [-0.15, -0.1) is 0 Å². The molecule has 3 aromatic rings. The van der Waals surface area contributed by atoms with Gasteiger partial charge in [0.2, 0.25) is 0 Å². The zero-order valence-corrected chi connectivity index (χ0v) is 17.8. The van der Waals surface area contributed by atoms with Crippen molar-refractivity contribution >= 4 is 23.0 Å². The van der Waals surface area contributed by atoms with Crippen LogP contribution in [0, 0.1) is 0 Å². The smallest absolute Gasteiger partial charge is 0.408 e. The molecule has 2 aromatic carbocycles. The van der Waals surface area contributed by atoms with Gasteiger partial charge in [-0.25, -0.2) is 9.59 Å². The Labute approximate surface area is 186 Å². The van der Waals surface area contributed by atoms with E-state index in [1.54, 1.807) is 0 Å². The number of nitrogens with one attached hydrogen (secondary N) is 2. The fraction of sp³-hybridized carbons (Fsp3) is 0.231. The summed E-state index contributed by atoms with van der Waals surface area (Å²) in [4.78, 5) is 28.6. The predicted octanol–water partition coefficient (Wildman–Crippen LogP) is 4.83. The highest BCUT2D eigenvalue weighted by molar-refractivity contribution is 5.86. The molecular weight excluding hydrogens is 404 g/mol. The Morgan fingerprint density at radius 3 is 2.62 bits per heavy atom. The molecule has 1 amide bonds. The summed E-state index contributed by atoms with van der Waals surface area (Å²) < 4.78 is 10.9. The Morgan fingerprint density at radius 2 is 1.81 bits per heavy atom. The van der Waals surface area contributed by atoms with Crippen molar-refractivity contribution in [1.29, 1.82) is 0 Å². The van der Waals surface area contributed by atoms with Gasteiger partial charge in [0, 0.05) is 23.5 Å². The maximum atomic E-state index is 12.9. The molecule has 2 N–H and O–H groups in total. The minimum absolute atomic E-state index is 0.126. The Balaban J connectivity index is 1.43. The van der Waals surface area contributed by atoms with Crippen LogP contribution >= 0.6 is 0 Å². The van der Waals surface area contributed by atoms with Crippen LogP contribution < -0.4 is 5.32 Å².